The third kappa shape index (κ3) is 2.98. The van der Waals surface area contributed by atoms with Gasteiger partial charge in [0.25, 0.3) is 0 Å². The van der Waals surface area contributed by atoms with Crippen LogP contribution in [-0.4, -0.2) is 11.1 Å². The SMILES string of the molecule is C=CC.Cc1ccc2c(C(=O)O)c(C)ccc2c1. The first-order valence-corrected chi connectivity index (χ1v) is 5.81. The number of hydrogen-bond donors (Lipinski definition) is 1. The highest BCUT2D eigenvalue weighted by Crippen LogP contribution is 2.23. The standard InChI is InChI=1S/C13H12O2.C3H6/c1-8-3-6-11-10(7-8)5-4-9(2)12(11)13(14)15;1-3-2/h3-7H,1-2H3,(H,14,15);3H,1H2,2H3. The van der Waals surface area contributed by atoms with Gasteiger partial charge in [-0.25, -0.2) is 4.79 Å². The number of carbonyl (C=O) groups is 1. The van der Waals surface area contributed by atoms with Gasteiger partial charge in [-0.2, -0.15) is 0 Å². The maximum Gasteiger partial charge on any atom is 0.336 e. The van der Waals surface area contributed by atoms with Crippen molar-refractivity contribution >= 4 is 16.7 Å². The van der Waals surface area contributed by atoms with E-state index in [9.17, 15) is 4.79 Å². The summed E-state index contributed by atoms with van der Waals surface area (Å²) in [5, 5.41) is 10.9. The maximum atomic E-state index is 11.1. The van der Waals surface area contributed by atoms with Crippen LogP contribution < -0.4 is 0 Å². The molecule has 0 radical (unpaired) electrons. The Labute approximate surface area is 108 Å². The molecule has 0 amide bonds. The number of rotatable bonds is 1. The molecule has 0 saturated heterocycles. The molecule has 0 bridgehead atoms. The molecule has 0 aromatic heterocycles. The first-order valence-electron chi connectivity index (χ1n) is 5.81. The summed E-state index contributed by atoms with van der Waals surface area (Å²) in [7, 11) is 0. The lowest BCUT2D eigenvalue weighted by molar-refractivity contribution is 0.0698. The third-order valence-electron chi connectivity index (χ3n) is 2.60. The van der Waals surface area contributed by atoms with Crippen LogP contribution in [-0.2, 0) is 0 Å². The summed E-state index contributed by atoms with van der Waals surface area (Å²) >= 11 is 0. The van der Waals surface area contributed by atoms with E-state index in [1.54, 1.807) is 6.08 Å². The fraction of sp³-hybridized carbons (Fsp3) is 0.188. The molecule has 0 spiro atoms. The van der Waals surface area contributed by atoms with E-state index >= 15 is 0 Å². The van der Waals surface area contributed by atoms with Crippen molar-refractivity contribution in [1.82, 2.24) is 0 Å². The van der Waals surface area contributed by atoms with Crippen LogP contribution in [0, 0.1) is 13.8 Å². The molecule has 0 aliphatic heterocycles. The fourth-order valence-corrected chi connectivity index (χ4v) is 1.84. The summed E-state index contributed by atoms with van der Waals surface area (Å²) in [4.78, 5) is 11.1. The summed E-state index contributed by atoms with van der Waals surface area (Å²) in [5.41, 5.74) is 2.36. The molecule has 18 heavy (non-hydrogen) atoms. The lowest BCUT2D eigenvalue weighted by atomic mass is 9.98. The summed E-state index contributed by atoms with van der Waals surface area (Å²) in [6.07, 6.45) is 1.75. The van der Waals surface area contributed by atoms with E-state index in [-0.39, 0.29) is 0 Å². The van der Waals surface area contributed by atoms with Crippen molar-refractivity contribution in [3.8, 4) is 0 Å². The van der Waals surface area contributed by atoms with E-state index in [0.29, 0.717) is 5.56 Å². The minimum atomic E-state index is -0.859. The Hall–Kier alpha value is -2.09. The zero-order valence-electron chi connectivity index (χ0n) is 11.0. The molecule has 2 rings (SSSR count). The Balaban J connectivity index is 0.000000492. The zero-order valence-corrected chi connectivity index (χ0v) is 11.0. The quantitative estimate of drug-likeness (QED) is 0.755. The summed E-state index contributed by atoms with van der Waals surface area (Å²) in [6.45, 7) is 9.07. The topological polar surface area (TPSA) is 37.3 Å². The lowest BCUT2D eigenvalue weighted by Crippen LogP contribution is -2.00. The number of hydrogen-bond acceptors (Lipinski definition) is 1. The van der Waals surface area contributed by atoms with Crippen molar-refractivity contribution in [3.05, 3.63) is 59.7 Å². The van der Waals surface area contributed by atoms with E-state index in [1.807, 2.05) is 51.1 Å². The van der Waals surface area contributed by atoms with Gasteiger partial charge in [0.2, 0.25) is 0 Å². The molecule has 2 aromatic carbocycles. The molecule has 0 atom stereocenters. The molecule has 2 heteroatoms. The third-order valence-corrected chi connectivity index (χ3v) is 2.60. The van der Waals surface area contributed by atoms with Gasteiger partial charge in [-0.1, -0.05) is 42.0 Å². The van der Waals surface area contributed by atoms with Crippen LogP contribution in [0.2, 0.25) is 0 Å². The minimum Gasteiger partial charge on any atom is -0.478 e. The largest absolute Gasteiger partial charge is 0.478 e. The fourth-order valence-electron chi connectivity index (χ4n) is 1.84. The van der Waals surface area contributed by atoms with Gasteiger partial charge in [-0.3, -0.25) is 0 Å². The summed E-state index contributed by atoms with van der Waals surface area (Å²) < 4.78 is 0. The van der Waals surface area contributed by atoms with Gasteiger partial charge in [0.05, 0.1) is 5.56 Å². The van der Waals surface area contributed by atoms with Crippen molar-refractivity contribution in [2.75, 3.05) is 0 Å². The van der Waals surface area contributed by atoms with E-state index in [4.69, 9.17) is 5.11 Å². The Morgan fingerprint density at radius 3 is 2.39 bits per heavy atom. The molecule has 2 nitrogen and oxygen atoms in total. The Kier molecular flexibility index (Phi) is 4.67. The van der Waals surface area contributed by atoms with Crippen LogP contribution >= 0.6 is 0 Å². The molecular weight excluding hydrogens is 224 g/mol. The van der Waals surface area contributed by atoms with Crippen LogP contribution in [0.3, 0.4) is 0 Å². The van der Waals surface area contributed by atoms with Gasteiger partial charge in [0, 0.05) is 0 Å². The highest BCUT2D eigenvalue weighted by molar-refractivity contribution is 6.05. The number of fused-ring (bicyclic) bond motifs is 1. The van der Waals surface area contributed by atoms with Crippen molar-refractivity contribution in [2.24, 2.45) is 0 Å². The molecule has 94 valence electrons. The van der Waals surface area contributed by atoms with Gasteiger partial charge in [0.1, 0.15) is 0 Å². The van der Waals surface area contributed by atoms with Crippen LogP contribution in [0.4, 0.5) is 0 Å². The minimum absolute atomic E-state index is 0.410. The molecule has 0 saturated carbocycles. The average molecular weight is 242 g/mol. The van der Waals surface area contributed by atoms with Crippen molar-refractivity contribution in [1.29, 1.82) is 0 Å². The molecular formula is C16H18O2. The first kappa shape index (κ1) is 14.0. The molecule has 2 aromatic rings. The second-order valence-corrected chi connectivity index (χ2v) is 4.20. The predicted octanol–water partition coefficient (Wildman–Crippen LogP) is 4.35. The number of carboxylic acid groups (broad SMARTS) is 1. The van der Waals surface area contributed by atoms with Gasteiger partial charge in [0.15, 0.2) is 0 Å². The number of allylic oxidation sites excluding steroid dienone is 1. The molecule has 0 fully saturated rings. The van der Waals surface area contributed by atoms with Gasteiger partial charge in [-0.05, 0) is 37.1 Å². The zero-order chi connectivity index (χ0) is 13.7. The molecule has 0 aliphatic rings. The highest BCUT2D eigenvalue weighted by Gasteiger charge is 2.11. The van der Waals surface area contributed by atoms with Crippen LogP contribution in [0.1, 0.15) is 28.4 Å². The number of aryl methyl sites for hydroxylation is 2. The number of carboxylic acids is 1. The van der Waals surface area contributed by atoms with Gasteiger partial charge in [-0.15, -0.1) is 6.58 Å². The normalized spacial score (nSPS) is 9.50. The number of aromatic carboxylic acids is 1. The van der Waals surface area contributed by atoms with Crippen molar-refractivity contribution in [2.45, 2.75) is 20.8 Å². The van der Waals surface area contributed by atoms with E-state index < -0.39 is 5.97 Å². The molecule has 0 heterocycles. The Bertz CT molecular complexity index is 583. The van der Waals surface area contributed by atoms with Crippen LogP contribution in [0.25, 0.3) is 10.8 Å². The van der Waals surface area contributed by atoms with Crippen LogP contribution in [0.5, 0.6) is 0 Å². The first-order chi connectivity index (χ1) is 8.51. The van der Waals surface area contributed by atoms with E-state index in [0.717, 1.165) is 21.9 Å². The highest BCUT2D eigenvalue weighted by atomic mass is 16.4. The van der Waals surface area contributed by atoms with Gasteiger partial charge >= 0.3 is 5.97 Å². The Morgan fingerprint density at radius 1 is 1.22 bits per heavy atom. The van der Waals surface area contributed by atoms with E-state index in [2.05, 4.69) is 6.58 Å². The maximum absolute atomic E-state index is 11.1. The number of benzene rings is 2. The second kappa shape index (κ2) is 6.01. The monoisotopic (exact) mass is 242 g/mol. The summed E-state index contributed by atoms with van der Waals surface area (Å²) in [6, 6.07) is 9.63. The van der Waals surface area contributed by atoms with Gasteiger partial charge < -0.3 is 5.11 Å². The predicted molar refractivity (Wildman–Crippen MR) is 76.3 cm³/mol. The van der Waals surface area contributed by atoms with E-state index in [1.165, 1.54) is 0 Å². The molecule has 1 N–H and O–H groups in total. The second-order valence-electron chi connectivity index (χ2n) is 4.20. The smallest absolute Gasteiger partial charge is 0.336 e. The van der Waals surface area contributed by atoms with Crippen molar-refractivity contribution < 1.29 is 9.90 Å². The molecule has 0 unspecified atom stereocenters. The summed E-state index contributed by atoms with van der Waals surface area (Å²) in [5.74, 6) is -0.859. The van der Waals surface area contributed by atoms with Crippen molar-refractivity contribution in [3.63, 3.8) is 0 Å². The lowest BCUT2D eigenvalue weighted by Gasteiger charge is -2.06. The average Bonchev–Trinajstić information content (AvgIpc) is 2.29. The van der Waals surface area contributed by atoms with Crippen LogP contribution in [0.15, 0.2) is 43.0 Å². The Morgan fingerprint density at radius 2 is 1.83 bits per heavy atom. The molecule has 0 aliphatic carbocycles.